The number of fused-ring (bicyclic) bond motifs is 1. The zero-order chi connectivity index (χ0) is 8.72. The number of thioether (sulfide) groups is 1. The predicted molar refractivity (Wildman–Crippen MR) is 51.8 cm³/mol. The Bertz CT molecular complexity index is 329. The van der Waals surface area contributed by atoms with E-state index in [4.69, 9.17) is 23.2 Å². The first-order valence-electron chi connectivity index (χ1n) is 3.52. The van der Waals surface area contributed by atoms with Gasteiger partial charge in [0.1, 0.15) is 5.15 Å². The molecule has 0 bridgehead atoms. The van der Waals surface area contributed by atoms with Crippen LogP contribution in [0, 0.1) is 0 Å². The smallest absolute Gasteiger partial charge is 0.222 e. The van der Waals surface area contributed by atoms with Gasteiger partial charge in [0, 0.05) is 16.6 Å². The highest BCUT2D eigenvalue weighted by molar-refractivity contribution is 7.99. The molecule has 1 aromatic rings. The van der Waals surface area contributed by atoms with Crippen LogP contribution in [0.15, 0.2) is 0 Å². The summed E-state index contributed by atoms with van der Waals surface area (Å²) in [6, 6.07) is 0. The zero-order valence-corrected chi connectivity index (χ0v) is 8.67. The van der Waals surface area contributed by atoms with Gasteiger partial charge >= 0.3 is 0 Å². The van der Waals surface area contributed by atoms with Crippen molar-refractivity contribution in [1.82, 2.24) is 9.97 Å². The van der Waals surface area contributed by atoms with Crippen LogP contribution in [0.25, 0.3) is 0 Å². The van der Waals surface area contributed by atoms with Crippen molar-refractivity contribution in [2.75, 3.05) is 0 Å². The molecular weight excluding hydrogens is 215 g/mol. The van der Waals surface area contributed by atoms with E-state index in [0.29, 0.717) is 10.4 Å². The molecule has 0 N–H and O–H groups in total. The third kappa shape index (κ3) is 1.30. The normalized spacial score (nSPS) is 21.1. The summed E-state index contributed by atoms with van der Waals surface area (Å²) >= 11 is 13.4. The fourth-order valence-corrected chi connectivity index (χ4v) is 2.95. The van der Waals surface area contributed by atoms with Crippen molar-refractivity contribution in [3.63, 3.8) is 0 Å². The molecule has 0 unspecified atom stereocenters. The van der Waals surface area contributed by atoms with Gasteiger partial charge in [-0.3, -0.25) is 0 Å². The highest BCUT2D eigenvalue weighted by atomic mass is 35.5. The van der Waals surface area contributed by atoms with Gasteiger partial charge in [-0.05, 0) is 18.5 Å². The van der Waals surface area contributed by atoms with E-state index in [2.05, 4.69) is 16.9 Å². The van der Waals surface area contributed by atoms with Crippen LogP contribution in [-0.2, 0) is 5.75 Å². The molecule has 1 aliphatic rings. The zero-order valence-electron chi connectivity index (χ0n) is 6.34. The second-order valence-electron chi connectivity index (χ2n) is 2.60. The molecule has 0 spiro atoms. The molecule has 2 rings (SSSR count). The van der Waals surface area contributed by atoms with Crippen molar-refractivity contribution in [3.8, 4) is 0 Å². The maximum absolute atomic E-state index is 5.92. The highest BCUT2D eigenvalue weighted by Crippen LogP contribution is 2.43. The van der Waals surface area contributed by atoms with Crippen molar-refractivity contribution in [2.45, 2.75) is 17.9 Å². The van der Waals surface area contributed by atoms with Crippen LogP contribution in [0.2, 0.25) is 10.4 Å². The lowest BCUT2D eigenvalue weighted by Crippen LogP contribution is -1.95. The molecule has 1 atom stereocenters. The number of rotatable bonds is 0. The Labute approximate surface area is 84.7 Å². The van der Waals surface area contributed by atoms with Crippen molar-refractivity contribution in [3.05, 3.63) is 21.7 Å². The summed E-state index contributed by atoms with van der Waals surface area (Å²) in [5.41, 5.74) is 2.03. The lowest BCUT2D eigenvalue weighted by atomic mass is 10.2. The molecule has 0 radical (unpaired) electrons. The minimum Gasteiger partial charge on any atom is -0.222 e. The van der Waals surface area contributed by atoms with E-state index in [0.717, 1.165) is 17.0 Å². The maximum atomic E-state index is 5.92. The van der Waals surface area contributed by atoms with Crippen LogP contribution in [-0.4, -0.2) is 9.97 Å². The Morgan fingerprint density at radius 2 is 2.17 bits per heavy atom. The lowest BCUT2D eigenvalue weighted by molar-refractivity contribution is 1.01. The first kappa shape index (κ1) is 8.60. The fourth-order valence-electron chi connectivity index (χ4n) is 1.26. The van der Waals surface area contributed by atoms with Crippen molar-refractivity contribution >= 4 is 35.0 Å². The summed E-state index contributed by atoms with van der Waals surface area (Å²) in [6.45, 7) is 2.10. The molecule has 0 saturated carbocycles. The summed E-state index contributed by atoms with van der Waals surface area (Å²) in [6.07, 6.45) is 0. The van der Waals surface area contributed by atoms with E-state index in [1.807, 2.05) is 0 Å². The van der Waals surface area contributed by atoms with Crippen molar-refractivity contribution in [2.24, 2.45) is 0 Å². The van der Waals surface area contributed by atoms with E-state index < -0.39 is 0 Å². The van der Waals surface area contributed by atoms with Gasteiger partial charge in [-0.1, -0.05) is 11.6 Å². The van der Waals surface area contributed by atoms with E-state index in [1.54, 1.807) is 11.8 Å². The highest BCUT2D eigenvalue weighted by Gasteiger charge is 2.24. The van der Waals surface area contributed by atoms with Crippen LogP contribution < -0.4 is 0 Å². The van der Waals surface area contributed by atoms with Crippen molar-refractivity contribution in [1.29, 1.82) is 0 Å². The second-order valence-corrected chi connectivity index (χ2v) is 4.62. The van der Waals surface area contributed by atoms with Crippen LogP contribution in [0.5, 0.6) is 0 Å². The van der Waals surface area contributed by atoms with Gasteiger partial charge in [0.05, 0.1) is 5.69 Å². The molecule has 12 heavy (non-hydrogen) atoms. The third-order valence-corrected chi connectivity index (χ3v) is 3.46. The summed E-state index contributed by atoms with van der Waals surface area (Å²) in [5.74, 6) is 0.887. The topological polar surface area (TPSA) is 25.8 Å². The summed E-state index contributed by atoms with van der Waals surface area (Å²) in [7, 11) is 0. The standard InChI is InChI=1S/C7H6Cl2N2S/c1-3-5-4(2-12-3)10-7(9)11-6(5)8/h3H,2H2,1H3/t3-/m1/s1. The first-order valence-corrected chi connectivity index (χ1v) is 5.32. The van der Waals surface area contributed by atoms with Gasteiger partial charge in [-0.25, -0.2) is 9.97 Å². The van der Waals surface area contributed by atoms with Gasteiger partial charge in [-0.15, -0.1) is 11.8 Å². The van der Waals surface area contributed by atoms with Crippen LogP contribution in [0.4, 0.5) is 0 Å². The minimum atomic E-state index is 0.244. The molecule has 1 aliphatic heterocycles. The Hall–Kier alpha value is 0.01000. The molecule has 2 nitrogen and oxygen atoms in total. The quantitative estimate of drug-likeness (QED) is 0.497. The Kier molecular flexibility index (Phi) is 2.19. The molecule has 0 amide bonds. The maximum Gasteiger partial charge on any atom is 0.224 e. The fraction of sp³-hybridized carbons (Fsp3) is 0.429. The molecule has 1 aromatic heterocycles. The van der Waals surface area contributed by atoms with Gasteiger partial charge in [-0.2, -0.15) is 0 Å². The van der Waals surface area contributed by atoms with Crippen molar-refractivity contribution < 1.29 is 0 Å². The van der Waals surface area contributed by atoms with Crippen LogP contribution >= 0.6 is 35.0 Å². The van der Waals surface area contributed by atoms with Gasteiger partial charge in [0.15, 0.2) is 0 Å². The monoisotopic (exact) mass is 220 g/mol. The summed E-state index contributed by atoms with van der Waals surface area (Å²) in [4.78, 5) is 8.02. The average Bonchev–Trinajstić information content (AvgIpc) is 2.31. The molecule has 2 heterocycles. The van der Waals surface area contributed by atoms with Crippen LogP contribution in [0.1, 0.15) is 23.4 Å². The molecule has 0 aromatic carbocycles. The van der Waals surface area contributed by atoms with E-state index in [9.17, 15) is 0 Å². The van der Waals surface area contributed by atoms with Gasteiger partial charge in [0.2, 0.25) is 5.28 Å². The molecule has 5 heteroatoms. The largest absolute Gasteiger partial charge is 0.224 e. The number of hydrogen-bond donors (Lipinski definition) is 0. The van der Waals surface area contributed by atoms with Gasteiger partial charge in [0.25, 0.3) is 0 Å². The third-order valence-electron chi connectivity index (χ3n) is 1.83. The number of nitrogens with zero attached hydrogens (tertiary/aromatic N) is 2. The molecule has 0 fully saturated rings. The Morgan fingerprint density at radius 3 is 2.92 bits per heavy atom. The second kappa shape index (κ2) is 3.05. The Balaban J connectivity index is 2.60. The summed E-state index contributed by atoms with van der Waals surface area (Å²) in [5, 5.41) is 1.14. The SMILES string of the molecule is C[C@H]1SCc2nc(Cl)nc(Cl)c21. The Morgan fingerprint density at radius 1 is 1.42 bits per heavy atom. The average molecular weight is 221 g/mol. The predicted octanol–water partition coefficient (Wildman–Crippen LogP) is 3.09. The van der Waals surface area contributed by atoms with E-state index in [-0.39, 0.29) is 5.28 Å². The number of hydrogen-bond acceptors (Lipinski definition) is 3. The van der Waals surface area contributed by atoms with Crippen LogP contribution in [0.3, 0.4) is 0 Å². The molecule has 0 aliphatic carbocycles. The van der Waals surface area contributed by atoms with E-state index >= 15 is 0 Å². The van der Waals surface area contributed by atoms with E-state index in [1.165, 1.54) is 0 Å². The minimum absolute atomic E-state index is 0.244. The number of aromatic nitrogens is 2. The molecule has 64 valence electrons. The number of halogens is 2. The van der Waals surface area contributed by atoms with Gasteiger partial charge < -0.3 is 0 Å². The lowest BCUT2D eigenvalue weighted by Gasteiger charge is -2.03. The molecular formula is C7H6Cl2N2S. The molecule has 0 saturated heterocycles. The summed E-state index contributed by atoms with van der Waals surface area (Å²) < 4.78 is 0. The first-order chi connectivity index (χ1) is 5.68.